The number of aliphatic imine (C=N–C) groups is 1. The van der Waals surface area contributed by atoms with Crippen LogP contribution in [0.2, 0.25) is 0 Å². The van der Waals surface area contributed by atoms with E-state index in [9.17, 15) is 0 Å². The van der Waals surface area contributed by atoms with Gasteiger partial charge in [0.25, 0.3) is 0 Å². The number of halogens is 1. The molecule has 6 nitrogen and oxygen atoms in total. The largest absolute Gasteiger partial charge is 0.381 e. The monoisotopic (exact) mass is 519 g/mol. The van der Waals surface area contributed by atoms with E-state index in [4.69, 9.17) is 14.2 Å². The van der Waals surface area contributed by atoms with Gasteiger partial charge in [-0.25, -0.2) is 0 Å². The van der Waals surface area contributed by atoms with Crippen molar-refractivity contribution in [1.29, 1.82) is 0 Å². The minimum atomic E-state index is 0. The van der Waals surface area contributed by atoms with E-state index < -0.39 is 0 Å². The molecule has 0 aromatic heterocycles. The SMILES string of the molecule is CCNC(=NCCCOC1CCOCC1)NCCCOC(C)c1ccccc1.I. The van der Waals surface area contributed by atoms with Crippen molar-refractivity contribution in [3.8, 4) is 0 Å². The van der Waals surface area contributed by atoms with Gasteiger partial charge < -0.3 is 24.8 Å². The maximum Gasteiger partial charge on any atom is 0.191 e. The fourth-order valence-electron chi connectivity index (χ4n) is 3.05. The zero-order chi connectivity index (χ0) is 19.9. The van der Waals surface area contributed by atoms with Crippen LogP contribution in [0.5, 0.6) is 0 Å². The molecule has 1 aromatic carbocycles. The Morgan fingerprint density at radius 3 is 2.62 bits per heavy atom. The summed E-state index contributed by atoms with van der Waals surface area (Å²) >= 11 is 0. The standard InChI is InChI=1S/C22H37N3O3.HI/c1-3-23-22(25-14-8-16-28-21-11-17-26-18-12-21)24-13-7-15-27-19(2)20-9-5-4-6-10-20;/h4-6,9-10,19,21H,3,7-8,11-18H2,1-2H3,(H2,23,24,25);1H. The molecule has 1 fully saturated rings. The molecule has 1 saturated heterocycles. The van der Waals surface area contributed by atoms with Gasteiger partial charge in [-0.3, -0.25) is 4.99 Å². The fourth-order valence-corrected chi connectivity index (χ4v) is 3.05. The van der Waals surface area contributed by atoms with Crippen molar-refractivity contribution in [3.05, 3.63) is 35.9 Å². The first-order valence-corrected chi connectivity index (χ1v) is 10.7. The van der Waals surface area contributed by atoms with Crippen LogP contribution in [-0.4, -0.2) is 58.1 Å². The van der Waals surface area contributed by atoms with E-state index in [1.54, 1.807) is 0 Å². The zero-order valence-corrected chi connectivity index (χ0v) is 20.2. The van der Waals surface area contributed by atoms with Crippen molar-refractivity contribution < 1.29 is 14.2 Å². The van der Waals surface area contributed by atoms with Crippen LogP contribution in [0, 0.1) is 0 Å². The molecule has 1 aliphatic heterocycles. The second-order valence-electron chi connectivity index (χ2n) is 7.00. The Hall–Kier alpha value is -0.900. The second kappa shape index (κ2) is 16.8. The minimum Gasteiger partial charge on any atom is -0.381 e. The van der Waals surface area contributed by atoms with Gasteiger partial charge in [0.2, 0.25) is 0 Å². The van der Waals surface area contributed by atoms with E-state index in [-0.39, 0.29) is 30.1 Å². The third kappa shape index (κ3) is 11.8. The summed E-state index contributed by atoms with van der Waals surface area (Å²) in [5.74, 6) is 0.865. The molecule has 1 unspecified atom stereocenters. The van der Waals surface area contributed by atoms with Crippen molar-refractivity contribution in [1.82, 2.24) is 10.6 Å². The molecule has 0 spiro atoms. The van der Waals surface area contributed by atoms with Crippen LogP contribution in [-0.2, 0) is 14.2 Å². The van der Waals surface area contributed by atoms with Crippen molar-refractivity contribution in [3.63, 3.8) is 0 Å². The number of guanidine groups is 1. The van der Waals surface area contributed by atoms with Gasteiger partial charge >= 0.3 is 0 Å². The topological polar surface area (TPSA) is 64.1 Å². The first kappa shape index (κ1) is 26.1. The Bertz CT molecular complexity index is 539. The summed E-state index contributed by atoms with van der Waals surface area (Å²) in [5, 5.41) is 6.67. The van der Waals surface area contributed by atoms with Crippen molar-refractivity contribution in [2.45, 2.75) is 51.7 Å². The molecule has 1 heterocycles. The zero-order valence-electron chi connectivity index (χ0n) is 17.9. The Balaban J connectivity index is 0.00000420. The van der Waals surface area contributed by atoms with Gasteiger partial charge in [-0.2, -0.15) is 0 Å². The van der Waals surface area contributed by atoms with E-state index in [1.165, 1.54) is 5.56 Å². The summed E-state index contributed by atoms with van der Waals surface area (Å²) in [4.78, 5) is 4.63. The number of nitrogens with one attached hydrogen (secondary N) is 2. The first-order chi connectivity index (χ1) is 13.8. The van der Waals surface area contributed by atoms with Crippen molar-refractivity contribution in [2.75, 3.05) is 46.1 Å². The van der Waals surface area contributed by atoms with Gasteiger partial charge in [-0.05, 0) is 45.1 Å². The molecule has 7 heteroatoms. The Labute approximate surface area is 193 Å². The first-order valence-electron chi connectivity index (χ1n) is 10.7. The number of nitrogens with zero attached hydrogens (tertiary/aromatic N) is 1. The lowest BCUT2D eigenvalue weighted by Crippen LogP contribution is -2.38. The van der Waals surface area contributed by atoms with E-state index in [0.29, 0.717) is 6.10 Å². The average molecular weight is 519 g/mol. The normalized spacial score (nSPS) is 16.1. The smallest absolute Gasteiger partial charge is 0.191 e. The van der Waals surface area contributed by atoms with Crippen molar-refractivity contribution >= 4 is 29.9 Å². The molecule has 1 atom stereocenters. The maximum atomic E-state index is 5.91. The highest BCUT2D eigenvalue weighted by Crippen LogP contribution is 2.15. The van der Waals surface area contributed by atoms with E-state index in [2.05, 4.69) is 41.6 Å². The lowest BCUT2D eigenvalue weighted by atomic mass is 10.1. The summed E-state index contributed by atoms with van der Waals surface area (Å²) in [7, 11) is 0. The second-order valence-corrected chi connectivity index (χ2v) is 7.00. The quantitative estimate of drug-likeness (QED) is 0.190. The summed E-state index contributed by atoms with van der Waals surface area (Å²) < 4.78 is 17.2. The lowest BCUT2D eigenvalue weighted by Gasteiger charge is -2.22. The summed E-state index contributed by atoms with van der Waals surface area (Å²) in [6.45, 7) is 9.77. The predicted molar refractivity (Wildman–Crippen MR) is 129 cm³/mol. The number of ether oxygens (including phenoxy) is 3. The Morgan fingerprint density at radius 1 is 1.14 bits per heavy atom. The summed E-state index contributed by atoms with van der Waals surface area (Å²) in [6.07, 6.45) is 4.39. The van der Waals surface area contributed by atoms with Gasteiger partial charge in [0.15, 0.2) is 5.96 Å². The number of hydrogen-bond donors (Lipinski definition) is 2. The molecule has 0 saturated carbocycles. The van der Waals surface area contributed by atoms with E-state index in [1.807, 2.05) is 18.2 Å². The molecular weight excluding hydrogens is 481 g/mol. The number of rotatable bonds is 12. The van der Waals surface area contributed by atoms with Crippen molar-refractivity contribution in [2.24, 2.45) is 4.99 Å². The van der Waals surface area contributed by atoms with Crippen LogP contribution in [0.4, 0.5) is 0 Å². The molecule has 2 N–H and O–H groups in total. The van der Waals surface area contributed by atoms with Crippen LogP contribution < -0.4 is 10.6 Å². The number of hydrogen-bond acceptors (Lipinski definition) is 4. The minimum absolute atomic E-state index is 0. The predicted octanol–water partition coefficient (Wildman–Crippen LogP) is 3.91. The number of benzene rings is 1. The highest BCUT2D eigenvalue weighted by atomic mass is 127. The van der Waals surface area contributed by atoms with Crippen LogP contribution in [0.15, 0.2) is 35.3 Å². The Kier molecular flexibility index (Phi) is 15.2. The van der Waals surface area contributed by atoms with Crippen LogP contribution >= 0.6 is 24.0 Å². The van der Waals surface area contributed by atoms with Gasteiger partial charge in [0.05, 0.1) is 12.2 Å². The highest BCUT2D eigenvalue weighted by molar-refractivity contribution is 14.0. The molecule has 166 valence electrons. The fraction of sp³-hybridized carbons (Fsp3) is 0.682. The van der Waals surface area contributed by atoms with Crippen LogP contribution in [0.25, 0.3) is 0 Å². The molecule has 29 heavy (non-hydrogen) atoms. The third-order valence-electron chi connectivity index (χ3n) is 4.69. The molecule has 0 radical (unpaired) electrons. The molecule has 0 aliphatic carbocycles. The molecular formula is C22H38IN3O3. The molecule has 1 aromatic rings. The molecule has 2 rings (SSSR count). The molecule has 0 bridgehead atoms. The average Bonchev–Trinajstić information content (AvgIpc) is 2.74. The van der Waals surface area contributed by atoms with Gasteiger partial charge in [0, 0.05) is 46.1 Å². The highest BCUT2D eigenvalue weighted by Gasteiger charge is 2.13. The van der Waals surface area contributed by atoms with Crippen LogP contribution in [0.3, 0.4) is 0 Å². The third-order valence-corrected chi connectivity index (χ3v) is 4.69. The molecule has 1 aliphatic rings. The Morgan fingerprint density at radius 2 is 1.90 bits per heavy atom. The van der Waals surface area contributed by atoms with E-state index in [0.717, 1.165) is 77.7 Å². The summed E-state index contributed by atoms with van der Waals surface area (Å²) in [6, 6.07) is 10.3. The maximum absolute atomic E-state index is 5.91. The lowest BCUT2D eigenvalue weighted by molar-refractivity contribution is -0.0318. The van der Waals surface area contributed by atoms with Crippen LogP contribution in [0.1, 0.15) is 51.2 Å². The van der Waals surface area contributed by atoms with Gasteiger partial charge in [0.1, 0.15) is 0 Å². The van der Waals surface area contributed by atoms with E-state index >= 15 is 0 Å². The van der Waals surface area contributed by atoms with Gasteiger partial charge in [-0.1, -0.05) is 30.3 Å². The molecule has 0 amide bonds. The van der Waals surface area contributed by atoms with Gasteiger partial charge in [-0.15, -0.1) is 24.0 Å². The summed E-state index contributed by atoms with van der Waals surface area (Å²) in [5.41, 5.74) is 1.22.